The molecule has 0 bridgehead atoms. The first-order valence-corrected chi connectivity index (χ1v) is 14.0. The highest BCUT2D eigenvalue weighted by Crippen LogP contribution is 2.23. The van der Waals surface area contributed by atoms with Crippen LogP contribution in [0.15, 0.2) is 53.5 Å². The predicted molar refractivity (Wildman–Crippen MR) is 146 cm³/mol. The number of para-hydroxylation sites is 1. The van der Waals surface area contributed by atoms with Gasteiger partial charge < -0.3 is 23.8 Å². The second kappa shape index (κ2) is 12.9. The number of thioether (sulfide) groups is 1. The molecule has 0 unspecified atom stereocenters. The van der Waals surface area contributed by atoms with Gasteiger partial charge in [-0.2, -0.15) is 4.99 Å². The molecule has 2 amide bonds. The second-order valence-electron chi connectivity index (χ2n) is 8.27. The molecule has 3 aromatic rings. The van der Waals surface area contributed by atoms with E-state index < -0.39 is 0 Å². The highest BCUT2D eigenvalue weighted by molar-refractivity contribution is 8.00. The number of fused-ring (bicyclic) bond motifs is 1. The molecule has 10 heteroatoms. The zero-order valence-corrected chi connectivity index (χ0v) is 22.4. The van der Waals surface area contributed by atoms with Crippen molar-refractivity contribution in [2.75, 3.05) is 62.9 Å². The molecule has 4 rings (SSSR count). The second-order valence-corrected chi connectivity index (χ2v) is 10.3. The lowest BCUT2D eigenvalue weighted by molar-refractivity contribution is -0.128. The van der Waals surface area contributed by atoms with Crippen LogP contribution in [0.3, 0.4) is 0 Å². The van der Waals surface area contributed by atoms with Crippen molar-refractivity contribution >= 4 is 50.8 Å². The van der Waals surface area contributed by atoms with E-state index in [-0.39, 0.29) is 23.3 Å². The quantitative estimate of drug-likeness (QED) is 0.376. The van der Waals surface area contributed by atoms with Crippen molar-refractivity contribution < 1.29 is 19.1 Å². The first kappa shape index (κ1) is 26.2. The summed E-state index contributed by atoms with van der Waals surface area (Å²) < 4.78 is 13.9. The van der Waals surface area contributed by atoms with E-state index in [9.17, 15) is 9.59 Å². The molecule has 1 aliphatic heterocycles. The maximum absolute atomic E-state index is 12.7. The van der Waals surface area contributed by atoms with Crippen molar-refractivity contribution in [1.82, 2.24) is 9.47 Å². The van der Waals surface area contributed by atoms with Crippen LogP contribution in [-0.2, 0) is 20.9 Å². The van der Waals surface area contributed by atoms with Crippen LogP contribution in [0.4, 0.5) is 5.69 Å². The first-order valence-electron chi connectivity index (χ1n) is 12.1. The highest BCUT2D eigenvalue weighted by Gasteiger charge is 2.21. The Bertz CT molecular complexity index is 1230. The molecule has 0 saturated carbocycles. The molecule has 0 N–H and O–H groups in total. The summed E-state index contributed by atoms with van der Waals surface area (Å²) in [4.78, 5) is 34.5. The number of ether oxygens (including phenoxy) is 2. The summed E-state index contributed by atoms with van der Waals surface area (Å²) in [6, 6.07) is 16.1. The predicted octanol–water partition coefficient (Wildman–Crippen LogP) is 3.26. The Labute approximate surface area is 219 Å². The molecule has 0 spiro atoms. The average molecular weight is 529 g/mol. The number of benzene rings is 2. The van der Waals surface area contributed by atoms with Crippen LogP contribution in [0.1, 0.15) is 6.92 Å². The van der Waals surface area contributed by atoms with Gasteiger partial charge in [0, 0.05) is 45.0 Å². The van der Waals surface area contributed by atoms with Gasteiger partial charge in [0.1, 0.15) is 5.75 Å². The number of piperazine rings is 1. The van der Waals surface area contributed by atoms with E-state index in [1.165, 1.54) is 28.8 Å². The molecule has 2 aromatic carbocycles. The fraction of sp³-hybridized carbons (Fsp3) is 0.423. The average Bonchev–Trinajstić information content (AvgIpc) is 3.25. The molecular weight excluding hydrogens is 496 g/mol. The van der Waals surface area contributed by atoms with Crippen LogP contribution < -0.4 is 14.4 Å². The third-order valence-corrected chi connectivity index (χ3v) is 7.92. The lowest BCUT2D eigenvalue weighted by Gasteiger charge is -2.36. The number of nitrogens with zero attached hydrogens (tertiary/aromatic N) is 4. The number of hydrogen-bond acceptors (Lipinski definition) is 7. The van der Waals surface area contributed by atoms with E-state index >= 15 is 0 Å². The summed E-state index contributed by atoms with van der Waals surface area (Å²) in [5, 5.41) is 0. The fourth-order valence-corrected chi connectivity index (χ4v) is 5.89. The topological polar surface area (TPSA) is 76.4 Å². The largest absolute Gasteiger partial charge is 0.497 e. The van der Waals surface area contributed by atoms with Gasteiger partial charge in [-0.05, 0) is 37.3 Å². The molecule has 2 heterocycles. The molecule has 1 aliphatic rings. The van der Waals surface area contributed by atoms with Crippen molar-refractivity contribution in [3.63, 3.8) is 0 Å². The van der Waals surface area contributed by atoms with Crippen LogP contribution in [0.25, 0.3) is 10.2 Å². The zero-order chi connectivity index (χ0) is 25.3. The van der Waals surface area contributed by atoms with Gasteiger partial charge in [0.25, 0.3) is 5.91 Å². The van der Waals surface area contributed by atoms with Crippen molar-refractivity contribution in [3.05, 3.63) is 53.3 Å². The van der Waals surface area contributed by atoms with Crippen LogP contribution in [0, 0.1) is 0 Å². The Kier molecular flexibility index (Phi) is 9.43. The molecule has 0 aliphatic carbocycles. The minimum Gasteiger partial charge on any atom is -0.497 e. The van der Waals surface area contributed by atoms with Crippen molar-refractivity contribution in [2.24, 2.45) is 4.99 Å². The minimum absolute atomic E-state index is 0.0706. The van der Waals surface area contributed by atoms with E-state index in [0.29, 0.717) is 37.6 Å². The molecule has 0 radical (unpaired) electrons. The SMILES string of the molecule is CCOCCn1c(=NC(=O)CSCC(=O)N2CCN(c3ccccc3)CC2)sc2cc(OC)ccc21. The number of aromatic nitrogens is 1. The lowest BCUT2D eigenvalue weighted by Crippen LogP contribution is -2.49. The number of methoxy groups -OCH3 is 1. The Morgan fingerprint density at radius 2 is 1.83 bits per heavy atom. The normalized spacial score (nSPS) is 14.4. The summed E-state index contributed by atoms with van der Waals surface area (Å²) in [6.45, 7) is 6.74. The Morgan fingerprint density at radius 1 is 1.06 bits per heavy atom. The van der Waals surface area contributed by atoms with Gasteiger partial charge >= 0.3 is 0 Å². The van der Waals surface area contributed by atoms with Gasteiger partial charge in [0.2, 0.25) is 5.91 Å². The van der Waals surface area contributed by atoms with Gasteiger partial charge in [-0.15, -0.1) is 11.8 Å². The number of rotatable bonds is 10. The smallest absolute Gasteiger partial charge is 0.258 e. The Hall–Kier alpha value is -2.82. The number of carbonyl (C=O) groups excluding carboxylic acids is 2. The van der Waals surface area contributed by atoms with E-state index in [1.807, 2.05) is 52.8 Å². The van der Waals surface area contributed by atoms with E-state index in [2.05, 4.69) is 22.0 Å². The molecule has 1 aromatic heterocycles. The molecule has 8 nitrogen and oxygen atoms in total. The monoisotopic (exact) mass is 528 g/mol. The number of amides is 2. The fourth-order valence-electron chi connectivity index (χ4n) is 4.09. The summed E-state index contributed by atoms with van der Waals surface area (Å²) in [7, 11) is 1.63. The Balaban J connectivity index is 1.33. The van der Waals surface area contributed by atoms with Gasteiger partial charge in [-0.25, -0.2) is 0 Å². The number of thiazole rings is 1. The highest BCUT2D eigenvalue weighted by atomic mass is 32.2. The van der Waals surface area contributed by atoms with Gasteiger partial charge in [-0.1, -0.05) is 29.5 Å². The van der Waals surface area contributed by atoms with Crippen LogP contribution in [-0.4, -0.2) is 79.3 Å². The standard InChI is InChI=1S/C26H32N4O4S2/c1-3-34-16-15-30-22-10-9-21(33-2)17-23(22)36-26(30)27-24(31)18-35-19-25(32)29-13-11-28(12-14-29)20-7-5-4-6-8-20/h4-10,17H,3,11-16,18-19H2,1-2H3. The molecule has 0 atom stereocenters. The van der Waals surface area contributed by atoms with Gasteiger partial charge in [-0.3, -0.25) is 9.59 Å². The van der Waals surface area contributed by atoms with E-state index in [1.54, 1.807) is 7.11 Å². The molecular formula is C26H32N4O4S2. The van der Waals surface area contributed by atoms with E-state index in [4.69, 9.17) is 9.47 Å². The minimum atomic E-state index is -0.245. The third kappa shape index (κ3) is 6.68. The summed E-state index contributed by atoms with van der Waals surface area (Å²) >= 11 is 2.77. The third-order valence-electron chi connectivity index (χ3n) is 5.98. The number of hydrogen-bond donors (Lipinski definition) is 0. The summed E-state index contributed by atoms with van der Waals surface area (Å²) in [5.41, 5.74) is 2.17. The number of anilines is 1. The molecule has 36 heavy (non-hydrogen) atoms. The van der Waals surface area contributed by atoms with Crippen molar-refractivity contribution in [2.45, 2.75) is 13.5 Å². The molecule has 192 valence electrons. The zero-order valence-electron chi connectivity index (χ0n) is 20.7. The van der Waals surface area contributed by atoms with Crippen LogP contribution in [0.5, 0.6) is 5.75 Å². The van der Waals surface area contributed by atoms with E-state index in [0.717, 1.165) is 29.1 Å². The van der Waals surface area contributed by atoms with Crippen LogP contribution >= 0.6 is 23.1 Å². The van der Waals surface area contributed by atoms with Gasteiger partial charge in [0.05, 0.1) is 35.4 Å². The lowest BCUT2D eigenvalue weighted by atomic mass is 10.2. The molecule has 1 fully saturated rings. The summed E-state index contributed by atoms with van der Waals surface area (Å²) in [6.07, 6.45) is 0. The van der Waals surface area contributed by atoms with Crippen molar-refractivity contribution in [1.29, 1.82) is 0 Å². The maximum Gasteiger partial charge on any atom is 0.258 e. The van der Waals surface area contributed by atoms with Crippen molar-refractivity contribution in [3.8, 4) is 5.75 Å². The molecule has 1 saturated heterocycles. The Morgan fingerprint density at radius 3 is 2.56 bits per heavy atom. The summed E-state index contributed by atoms with van der Waals surface area (Å²) in [5.74, 6) is 1.03. The van der Waals surface area contributed by atoms with Crippen LogP contribution in [0.2, 0.25) is 0 Å². The van der Waals surface area contributed by atoms with Gasteiger partial charge in [0.15, 0.2) is 4.80 Å². The maximum atomic E-state index is 12.7. The first-order chi connectivity index (χ1) is 17.6. The number of carbonyl (C=O) groups is 2.